The first-order chi connectivity index (χ1) is 12.4. The first kappa shape index (κ1) is 18.0. The number of ether oxygens (including phenoxy) is 1. The number of fused-ring (bicyclic) bond motifs is 1. The van der Waals surface area contributed by atoms with Gasteiger partial charge in [-0.2, -0.15) is 10.1 Å². The minimum atomic E-state index is -0.402. The van der Waals surface area contributed by atoms with Crippen molar-refractivity contribution in [3.63, 3.8) is 0 Å². The van der Waals surface area contributed by atoms with Gasteiger partial charge in [0.05, 0.1) is 19.9 Å². The van der Waals surface area contributed by atoms with Crippen molar-refractivity contribution in [3.8, 4) is 5.75 Å². The zero-order valence-corrected chi connectivity index (χ0v) is 15.7. The van der Waals surface area contributed by atoms with Crippen molar-refractivity contribution in [2.24, 2.45) is 0 Å². The van der Waals surface area contributed by atoms with Gasteiger partial charge in [0.2, 0.25) is 4.96 Å². The number of nitrogens with zero attached hydrogens (tertiary/aromatic N) is 4. The van der Waals surface area contributed by atoms with E-state index in [1.54, 1.807) is 14.0 Å². The van der Waals surface area contributed by atoms with Gasteiger partial charge in [0, 0.05) is 13.5 Å². The van der Waals surface area contributed by atoms with Gasteiger partial charge in [0.1, 0.15) is 16.3 Å². The number of thiazole rings is 1. The largest absolute Gasteiger partial charge is 0.497 e. The van der Waals surface area contributed by atoms with Gasteiger partial charge in [-0.05, 0) is 24.6 Å². The molecule has 3 aromatic rings. The molecule has 0 saturated carbocycles. The Labute approximate surface area is 153 Å². The Bertz CT molecular complexity index is 1010. The van der Waals surface area contributed by atoms with Crippen molar-refractivity contribution in [1.29, 1.82) is 0 Å². The number of hydrogen-bond donors (Lipinski definition) is 0. The van der Waals surface area contributed by atoms with Gasteiger partial charge < -0.3 is 4.74 Å². The number of rotatable bonds is 5. The minimum absolute atomic E-state index is 0.313. The van der Waals surface area contributed by atoms with Crippen LogP contribution in [0.1, 0.15) is 26.6 Å². The van der Waals surface area contributed by atoms with Crippen LogP contribution in [0.4, 0.5) is 0 Å². The monoisotopic (exact) mass is 374 g/mol. The summed E-state index contributed by atoms with van der Waals surface area (Å²) in [6.07, 6.45) is 0.343. The highest BCUT2D eigenvalue weighted by Gasteiger charge is 2.21. The Morgan fingerprint density at radius 3 is 2.58 bits per heavy atom. The van der Waals surface area contributed by atoms with E-state index in [-0.39, 0.29) is 5.91 Å². The van der Waals surface area contributed by atoms with Crippen molar-refractivity contribution in [2.75, 3.05) is 21.3 Å². The number of aryl methyl sites for hydroxylation is 1. The van der Waals surface area contributed by atoms with Crippen LogP contribution in [0.25, 0.3) is 4.96 Å². The van der Waals surface area contributed by atoms with Crippen LogP contribution in [0.5, 0.6) is 5.75 Å². The Hall–Kier alpha value is -2.78. The lowest BCUT2D eigenvalue weighted by Gasteiger charge is -2.12. The molecule has 0 aliphatic rings. The Morgan fingerprint density at radius 2 is 1.96 bits per heavy atom. The second-order valence-corrected chi connectivity index (χ2v) is 6.56. The molecule has 8 nitrogen and oxygen atoms in total. The molecular formula is C17H18N4O4S. The Balaban J connectivity index is 1.99. The Morgan fingerprint density at radius 1 is 1.27 bits per heavy atom. The Kier molecular flexibility index (Phi) is 5.01. The van der Waals surface area contributed by atoms with Crippen LogP contribution in [-0.4, -0.2) is 46.8 Å². The maximum Gasteiger partial charge on any atom is 0.296 e. The van der Waals surface area contributed by atoms with Crippen LogP contribution in [-0.2, 0) is 11.3 Å². The van der Waals surface area contributed by atoms with Crippen LogP contribution < -0.4 is 10.3 Å². The SMILES string of the molecule is COc1ccc(Cc2nn3c(C)c(C(=O)N(C)OC)sc3nc2=O)cc1. The van der Waals surface area contributed by atoms with E-state index in [9.17, 15) is 9.59 Å². The smallest absolute Gasteiger partial charge is 0.296 e. The van der Waals surface area contributed by atoms with Crippen molar-refractivity contribution < 1.29 is 14.4 Å². The first-order valence-electron chi connectivity index (χ1n) is 7.79. The zero-order chi connectivity index (χ0) is 18.8. The maximum absolute atomic E-state index is 12.3. The van der Waals surface area contributed by atoms with Gasteiger partial charge in [-0.1, -0.05) is 23.5 Å². The lowest BCUT2D eigenvalue weighted by molar-refractivity contribution is -0.0754. The summed E-state index contributed by atoms with van der Waals surface area (Å²) in [5.41, 5.74) is 1.44. The molecular weight excluding hydrogens is 356 g/mol. The number of carbonyl (C=O) groups excluding carboxylic acids is 1. The van der Waals surface area contributed by atoms with Crippen LogP contribution >= 0.6 is 11.3 Å². The van der Waals surface area contributed by atoms with E-state index in [1.807, 2.05) is 24.3 Å². The summed E-state index contributed by atoms with van der Waals surface area (Å²) in [6.45, 7) is 1.76. The van der Waals surface area contributed by atoms with E-state index < -0.39 is 5.56 Å². The second-order valence-electron chi connectivity index (χ2n) is 5.58. The maximum atomic E-state index is 12.3. The number of aromatic nitrogens is 3. The van der Waals surface area contributed by atoms with Gasteiger partial charge in [-0.25, -0.2) is 9.58 Å². The predicted molar refractivity (Wildman–Crippen MR) is 96.8 cm³/mol. The fourth-order valence-electron chi connectivity index (χ4n) is 2.42. The molecule has 1 aromatic carbocycles. The van der Waals surface area contributed by atoms with Crippen LogP contribution in [0.15, 0.2) is 29.1 Å². The lowest BCUT2D eigenvalue weighted by Crippen LogP contribution is -2.25. The third kappa shape index (κ3) is 3.31. The van der Waals surface area contributed by atoms with E-state index in [2.05, 4.69) is 10.1 Å². The fourth-order valence-corrected chi connectivity index (χ4v) is 3.45. The average Bonchev–Trinajstić information content (AvgIpc) is 2.97. The lowest BCUT2D eigenvalue weighted by atomic mass is 10.1. The molecule has 1 amide bonds. The first-order valence-corrected chi connectivity index (χ1v) is 8.60. The topological polar surface area (TPSA) is 86.0 Å². The summed E-state index contributed by atoms with van der Waals surface area (Å²) >= 11 is 1.11. The molecule has 136 valence electrons. The molecule has 0 fully saturated rings. The highest BCUT2D eigenvalue weighted by Crippen LogP contribution is 2.21. The molecule has 2 aromatic heterocycles. The molecule has 0 radical (unpaired) electrons. The molecule has 26 heavy (non-hydrogen) atoms. The summed E-state index contributed by atoms with van der Waals surface area (Å²) in [4.78, 5) is 34.5. The van der Waals surface area contributed by atoms with Gasteiger partial charge in [-0.3, -0.25) is 14.4 Å². The summed E-state index contributed by atoms with van der Waals surface area (Å²) in [5.74, 6) is 0.428. The number of hydroxylamine groups is 2. The fraction of sp³-hybridized carbons (Fsp3) is 0.294. The predicted octanol–water partition coefficient (Wildman–Crippen LogP) is 1.69. The molecule has 0 aliphatic heterocycles. The summed E-state index contributed by atoms with van der Waals surface area (Å²) < 4.78 is 6.66. The van der Waals surface area contributed by atoms with Crippen molar-refractivity contribution in [3.05, 3.63) is 56.4 Å². The van der Waals surface area contributed by atoms with Crippen molar-refractivity contribution >= 4 is 22.2 Å². The third-order valence-corrected chi connectivity index (χ3v) is 5.09. The number of hydrogen-bond acceptors (Lipinski definition) is 7. The molecule has 0 unspecified atom stereocenters. The van der Waals surface area contributed by atoms with E-state index in [4.69, 9.17) is 9.57 Å². The molecule has 0 bridgehead atoms. The second kappa shape index (κ2) is 7.22. The molecule has 0 aliphatic carbocycles. The van der Waals surface area contributed by atoms with E-state index in [1.165, 1.54) is 18.7 Å². The highest BCUT2D eigenvalue weighted by atomic mass is 32.1. The van der Waals surface area contributed by atoms with Gasteiger partial charge >= 0.3 is 0 Å². The average molecular weight is 374 g/mol. The molecule has 0 atom stereocenters. The van der Waals surface area contributed by atoms with Gasteiger partial charge in [-0.15, -0.1) is 0 Å². The highest BCUT2D eigenvalue weighted by molar-refractivity contribution is 7.19. The van der Waals surface area contributed by atoms with E-state index >= 15 is 0 Å². The van der Waals surface area contributed by atoms with Crippen LogP contribution in [0, 0.1) is 6.92 Å². The van der Waals surface area contributed by atoms with Crippen molar-refractivity contribution in [1.82, 2.24) is 19.7 Å². The van der Waals surface area contributed by atoms with E-state index in [0.717, 1.165) is 27.7 Å². The van der Waals surface area contributed by atoms with Crippen LogP contribution in [0.3, 0.4) is 0 Å². The molecule has 0 saturated heterocycles. The molecule has 9 heteroatoms. The zero-order valence-electron chi connectivity index (χ0n) is 14.8. The number of methoxy groups -OCH3 is 1. The van der Waals surface area contributed by atoms with Gasteiger partial charge in [0.15, 0.2) is 0 Å². The standard InChI is InChI=1S/C17H18N4O4S/c1-10-14(16(23)20(2)25-4)26-17-18-15(22)13(19-21(10)17)9-11-5-7-12(24-3)8-6-11/h5-8H,9H2,1-4H3. The van der Waals surface area contributed by atoms with E-state index in [0.29, 0.717) is 27.6 Å². The summed E-state index contributed by atoms with van der Waals surface area (Å²) in [7, 11) is 4.53. The van der Waals surface area contributed by atoms with Crippen molar-refractivity contribution in [2.45, 2.75) is 13.3 Å². The molecule has 0 spiro atoms. The normalized spacial score (nSPS) is 10.9. The van der Waals surface area contributed by atoms with Gasteiger partial charge in [0.25, 0.3) is 11.5 Å². The third-order valence-electron chi connectivity index (χ3n) is 3.97. The molecule has 0 N–H and O–H groups in total. The number of benzene rings is 1. The quantitative estimate of drug-likeness (QED) is 0.632. The summed E-state index contributed by atoms with van der Waals surface area (Å²) in [6, 6.07) is 7.40. The van der Waals surface area contributed by atoms with Crippen LogP contribution in [0.2, 0.25) is 0 Å². The molecule has 2 heterocycles. The number of amides is 1. The molecule has 3 rings (SSSR count). The number of carbonyl (C=O) groups is 1. The minimum Gasteiger partial charge on any atom is -0.497 e. The summed E-state index contributed by atoms with van der Waals surface area (Å²) in [5, 5.41) is 5.53.